The molecule has 15 nitrogen and oxygen atoms in total. The maximum Gasteiger partial charge on any atom is 0.296 e. The summed E-state index contributed by atoms with van der Waals surface area (Å²) in [5.74, 6) is -1.94. The lowest BCUT2D eigenvalue weighted by atomic mass is 9.78. The second kappa shape index (κ2) is 17.5. The first-order chi connectivity index (χ1) is 30.3. The Hall–Kier alpha value is -5.59. The number of pyridine rings is 1. The molecular formula is C45H47ClFN7O8S. The molecule has 330 valence electrons. The highest BCUT2D eigenvalue weighted by Crippen LogP contribution is 2.58. The van der Waals surface area contributed by atoms with E-state index in [1.165, 1.54) is 48.2 Å². The Morgan fingerprint density at radius 2 is 1.92 bits per heavy atom. The highest BCUT2D eigenvalue weighted by molar-refractivity contribution is 7.90. The molecule has 0 bridgehead atoms. The predicted octanol–water partition coefficient (Wildman–Crippen LogP) is 7.93. The van der Waals surface area contributed by atoms with Gasteiger partial charge in [-0.2, -0.15) is 0 Å². The Labute approximate surface area is 368 Å². The van der Waals surface area contributed by atoms with Crippen molar-refractivity contribution in [3.63, 3.8) is 0 Å². The molecule has 2 saturated heterocycles. The van der Waals surface area contributed by atoms with E-state index >= 15 is 4.39 Å². The number of aromatic amines is 1. The number of nitrogens with zero attached hydrogens (tertiary/aromatic N) is 4. The van der Waals surface area contributed by atoms with Crippen LogP contribution in [-0.4, -0.2) is 98.8 Å². The summed E-state index contributed by atoms with van der Waals surface area (Å²) in [6.45, 7) is 6.13. The third-order valence-electron chi connectivity index (χ3n) is 12.6. The summed E-state index contributed by atoms with van der Waals surface area (Å²) >= 11 is 6.25. The number of nitrogens with one attached hydrogen (secondary N) is 3. The minimum Gasteiger partial charge on any atom is -0.455 e. The molecule has 2 atom stereocenters. The highest BCUT2D eigenvalue weighted by atomic mass is 35.5. The van der Waals surface area contributed by atoms with Gasteiger partial charge in [0.1, 0.15) is 22.8 Å². The lowest BCUT2D eigenvalue weighted by molar-refractivity contribution is -0.384. The number of carbonyl (C=O) groups is 1. The van der Waals surface area contributed by atoms with E-state index in [1.54, 1.807) is 24.4 Å². The van der Waals surface area contributed by atoms with Crippen molar-refractivity contribution >= 4 is 61.2 Å². The van der Waals surface area contributed by atoms with Crippen LogP contribution in [0.25, 0.3) is 16.6 Å². The van der Waals surface area contributed by atoms with Gasteiger partial charge >= 0.3 is 0 Å². The molecule has 0 radical (unpaired) electrons. The second-order valence-electron chi connectivity index (χ2n) is 16.8. The minimum absolute atomic E-state index is 0.0225. The molecule has 2 aliphatic heterocycles. The molecule has 4 heterocycles. The fraction of sp³-hybridized carbons (Fsp3) is 0.378. The monoisotopic (exact) mass is 899 g/mol. The third kappa shape index (κ3) is 9.38. The number of amides is 1. The highest BCUT2D eigenvalue weighted by Gasteiger charge is 2.45. The number of anilines is 2. The molecule has 2 aromatic heterocycles. The second-order valence-corrected chi connectivity index (χ2v) is 19.0. The Balaban J connectivity index is 0.953. The molecule has 2 aliphatic carbocycles. The van der Waals surface area contributed by atoms with E-state index in [0.29, 0.717) is 55.2 Å². The van der Waals surface area contributed by atoms with Crippen molar-refractivity contribution in [1.29, 1.82) is 0 Å². The summed E-state index contributed by atoms with van der Waals surface area (Å²) in [5, 5.41) is 16.2. The van der Waals surface area contributed by atoms with E-state index in [4.69, 9.17) is 25.8 Å². The van der Waals surface area contributed by atoms with Gasteiger partial charge in [-0.3, -0.25) is 19.8 Å². The van der Waals surface area contributed by atoms with E-state index in [9.17, 15) is 23.3 Å². The number of piperazine rings is 1. The molecule has 1 saturated carbocycles. The zero-order valence-corrected chi connectivity index (χ0v) is 36.1. The van der Waals surface area contributed by atoms with E-state index < -0.39 is 49.0 Å². The van der Waals surface area contributed by atoms with Gasteiger partial charge in [-0.1, -0.05) is 29.3 Å². The van der Waals surface area contributed by atoms with E-state index in [0.717, 1.165) is 42.0 Å². The molecule has 3 aromatic carbocycles. The Morgan fingerprint density at radius 1 is 1.10 bits per heavy atom. The summed E-state index contributed by atoms with van der Waals surface area (Å²) in [7, 11) is -4.85. The van der Waals surface area contributed by atoms with Crippen molar-refractivity contribution in [1.82, 2.24) is 19.6 Å². The zero-order valence-electron chi connectivity index (χ0n) is 34.6. The van der Waals surface area contributed by atoms with Crippen LogP contribution >= 0.6 is 11.6 Å². The lowest BCUT2D eigenvalue weighted by Gasteiger charge is -2.42. The number of halogens is 2. The quantitative estimate of drug-likeness (QED) is 0.0768. The van der Waals surface area contributed by atoms with Crippen LogP contribution in [0, 0.1) is 21.3 Å². The number of sulfonamides is 1. The minimum atomic E-state index is -4.85. The number of allylic oxidation sites excluding steroid dienone is 1. The molecule has 63 heavy (non-hydrogen) atoms. The van der Waals surface area contributed by atoms with Gasteiger partial charge in [0.05, 0.1) is 47.5 Å². The van der Waals surface area contributed by atoms with Crippen LogP contribution in [0.4, 0.5) is 21.5 Å². The topological polar surface area (TPSA) is 181 Å². The third-order valence-corrected chi connectivity index (χ3v) is 14.1. The van der Waals surface area contributed by atoms with E-state index in [2.05, 4.69) is 44.1 Å². The molecule has 9 rings (SSSR count). The number of ether oxygens (including phenoxy) is 3. The van der Waals surface area contributed by atoms with E-state index in [-0.39, 0.29) is 30.5 Å². The van der Waals surface area contributed by atoms with Gasteiger partial charge in [0.25, 0.3) is 21.6 Å². The molecule has 5 aromatic rings. The van der Waals surface area contributed by atoms with Crippen LogP contribution in [-0.2, 0) is 19.5 Å². The molecule has 1 unspecified atom stereocenters. The molecule has 4 aliphatic rings. The normalized spacial score (nSPS) is 20.2. The maximum absolute atomic E-state index is 15.5. The van der Waals surface area contributed by atoms with Crippen LogP contribution in [0.2, 0.25) is 5.02 Å². The molecule has 18 heteroatoms. The van der Waals surface area contributed by atoms with Crippen LogP contribution in [0.15, 0.2) is 89.6 Å². The molecule has 1 amide bonds. The summed E-state index contributed by atoms with van der Waals surface area (Å²) in [5.41, 5.74) is 4.50. The number of hydrogen-bond acceptors (Lipinski definition) is 12. The van der Waals surface area contributed by atoms with Crippen molar-refractivity contribution in [2.45, 2.75) is 56.1 Å². The van der Waals surface area contributed by atoms with Crippen LogP contribution in [0.5, 0.6) is 11.5 Å². The van der Waals surface area contributed by atoms with Gasteiger partial charge in [-0.05, 0) is 98.0 Å². The Morgan fingerprint density at radius 3 is 2.67 bits per heavy atom. The van der Waals surface area contributed by atoms with Gasteiger partial charge in [0.2, 0.25) is 0 Å². The zero-order chi connectivity index (χ0) is 43.9. The summed E-state index contributed by atoms with van der Waals surface area (Å²) in [4.78, 5) is 36.4. The number of nitro benzene ring substituents is 1. The van der Waals surface area contributed by atoms with Crippen molar-refractivity contribution in [3.05, 3.63) is 117 Å². The molecular weight excluding hydrogens is 853 g/mol. The average molecular weight is 900 g/mol. The standard InChI is InChI=1S/C45H47ClFN7O8S/c1-28-25-53(15-14-52(28)26-31-22-45(11-12-45)10-8-37(31)29-2-4-32(46)5-3-29)33-6-7-38(41(19-33)62-34-18-30-9-13-48-43(30)50-23-34)44(55)51-63(58,59)36-20-39(47)42(40(21-36)54(56)57)49-24-35-27-60-16-17-61-35/h2-7,9,13,18-21,23,28,35,49H,8,10-12,14-17,22,24-27H2,1H3,(H,48,50)(H,51,55)/t28-,35?/m1/s1. The Bertz CT molecular complexity index is 2700. The number of rotatable bonds is 13. The van der Waals surface area contributed by atoms with Gasteiger partial charge in [0.15, 0.2) is 5.82 Å². The number of carbonyl (C=O) groups excluding carboxylic acids is 1. The maximum atomic E-state index is 15.5. The number of nitro groups is 1. The average Bonchev–Trinajstić information content (AvgIpc) is 3.84. The number of hydrogen-bond donors (Lipinski definition) is 3. The Kier molecular flexibility index (Phi) is 11.9. The smallest absolute Gasteiger partial charge is 0.296 e. The van der Waals surface area contributed by atoms with Crippen LogP contribution in [0.3, 0.4) is 0 Å². The number of fused-ring (bicyclic) bond motifs is 1. The van der Waals surface area contributed by atoms with Crippen molar-refractivity contribution in [2.75, 3.05) is 62.8 Å². The first-order valence-electron chi connectivity index (χ1n) is 21.0. The lowest BCUT2D eigenvalue weighted by Crippen LogP contribution is -2.52. The van der Waals surface area contributed by atoms with Crippen molar-refractivity contribution in [3.8, 4) is 11.5 Å². The largest absolute Gasteiger partial charge is 0.455 e. The van der Waals surface area contributed by atoms with Crippen LogP contribution in [0.1, 0.15) is 54.9 Å². The fourth-order valence-electron chi connectivity index (χ4n) is 8.91. The first-order valence-corrected chi connectivity index (χ1v) is 22.9. The van der Waals surface area contributed by atoms with E-state index in [1.807, 2.05) is 22.9 Å². The fourth-order valence-corrected chi connectivity index (χ4v) is 10.0. The number of aromatic nitrogens is 2. The number of H-pyrrole nitrogens is 1. The summed E-state index contributed by atoms with van der Waals surface area (Å²) in [6, 6.07) is 18.1. The van der Waals surface area contributed by atoms with Gasteiger partial charge in [-0.15, -0.1) is 0 Å². The first kappa shape index (κ1) is 42.7. The molecule has 1 spiro atoms. The van der Waals surface area contributed by atoms with Gasteiger partial charge in [0, 0.05) is 73.2 Å². The number of benzene rings is 3. The summed E-state index contributed by atoms with van der Waals surface area (Å²) < 4.78 is 61.9. The van der Waals surface area contributed by atoms with Gasteiger partial charge in [-0.25, -0.2) is 22.5 Å². The predicted molar refractivity (Wildman–Crippen MR) is 237 cm³/mol. The van der Waals surface area contributed by atoms with Crippen molar-refractivity contribution < 1.29 is 36.7 Å². The van der Waals surface area contributed by atoms with Gasteiger partial charge < -0.3 is 29.4 Å². The molecule has 3 fully saturated rings. The SMILES string of the molecule is C[C@@H]1CN(c2ccc(C(=O)NS(=O)(=O)c3cc(F)c(NCC4COCCO4)c([N+](=O)[O-])c3)c(Oc3cnc4[nH]ccc4c3)c2)CCN1CC1=C(c2ccc(Cl)cc2)CCC2(CC2)C1. The molecule has 3 N–H and O–H groups in total. The van der Waals surface area contributed by atoms with Crippen LogP contribution < -0.4 is 19.7 Å². The summed E-state index contributed by atoms with van der Waals surface area (Å²) in [6.07, 6.45) is 8.69. The van der Waals surface area contributed by atoms with Crippen molar-refractivity contribution in [2.24, 2.45) is 5.41 Å².